The smallest absolute Gasteiger partial charge is 0.364 e. The van der Waals surface area contributed by atoms with E-state index in [1.54, 1.807) is 6.08 Å². The van der Waals surface area contributed by atoms with E-state index < -0.39 is 11.6 Å². The van der Waals surface area contributed by atoms with Gasteiger partial charge < -0.3 is 14.1 Å². The molecule has 0 bridgehead atoms. The highest BCUT2D eigenvalue weighted by molar-refractivity contribution is 5.68. The molecule has 0 spiro atoms. The summed E-state index contributed by atoms with van der Waals surface area (Å²) in [5, 5.41) is 0.0902. The summed E-state index contributed by atoms with van der Waals surface area (Å²) in [6.07, 6.45) is 2.71. The van der Waals surface area contributed by atoms with Crippen LogP contribution in [0.5, 0.6) is 0 Å². The van der Waals surface area contributed by atoms with Crippen LogP contribution in [-0.4, -0.2) is 11.0 Å². The Balaban J connectivity index is 2.41. The first kappa shape index (κ1) is 11.9. The molecule has 1 aromatic heterocycles. The molecule has 92 valence electrons. The summed E-state index contributed by atoms with van der Waals surface area (Å²) in [5.74, 6) is -0.502. The summed E-state index contributed by atoms with van der Waals surface area (Å²) in [6.45, 7) is 1.25. The number of carbonyl (C=O) groups excluding carboxylic acids is 1. The van der Waals surface area contributed by atoms with E-state index >= 15 is 0 Å². The van der Waals surface area contributed by atoms with Gasteiger partial charge in [0.2, 0.25) is 5.55 Å². The lowest BCUT2D eigenvalue weighted by molar-refractivity contribution is -0.133. The molecule has 0 fully saturated rings. The number of esters is 1. The van der Waals surface area contributed by atoms with Crippen molar-refractivity contribution in [1.29, 1.82) is 0 Å². The molecule has 0 radical (unpaired) electrons. The zero-order valence-electron chi connectivity index (χ0n) is 9.67. The SMILES string of the molecule is CC(=O)OC=c1[nH]c(=Cc2ccccc2)oc1=O. The van der Waals surface area contributed by atoms with Crippen LogP contribution >= 0.6 is 0 Å². The standard InChI is InChI=1S/C13H11NO4/c1-9(15)17-8-11-13(16)18-12(14-11)7-10-5-3-2-4-6-10/h2-8,14H,1H3. The minimum absolute atomic E-state index is 0.0902. The Morgan fingerprint density at radius 3 is 2.72 bits per heavy atom. The molecule has 1 heterocycles. The maximum absolute atomic E-state index is 11.4. The molecule has 0 aliphatic rings. The summed E-state index contributed by atoms with van der Waals surface area (Å²) in [5.41, 5.74) is 0.601. The van der Waals surface area contributed by atoms with Crippen molar-refractivity contribution in [2.45, 2.75) is 6.92 Å². The Kier molecular flexibility index (Phi) is 3.43. The number of hydrogen-bond donors (Lipinski definition) is 1. The van der Waals surface area contributed by atoms with Crippen LogP contribution in [0.4, 0.5) is 0 Å². The van der Waals surface area contributed by atoms with Crippen LogP contribution in [0.2, 0.25) is 0 Å². The second-order valence-electron chi connectivity index (χ2n) is 3.57. The van der Waals surface area contributed by atoms with Crippen molar-refractivity contribution in [2.75, 3.05) is 0 Å². The summed E-state index contributed by atoms with van der Waals surface area (Å²) in [4.78, 5) is 24.7. The average Bonchev–Trinajstić information content (AvgIpc) is 2.68. The number of rotatable bonds is 2. The van der Waals surface area contributed by atoms with Crippen molar-refractivity contribution >= 4 is 18.3 Å². The topological polar surface area (TPSA) is 72.3 Å². The van der Waals surface area contributed by atoms with Gasteiger partial charge in [-0.25, -0.2) is 4.79 Å². The van der Waals surface area contributed by atoms with Gasteiger partial charge in [0.25, 0.3) is 0 Å². The number of hydrogen-bond acceptors (Lipinski definition) is 4. The predicted molar refractivity (Wildman–Crippen MR) is 64.8 cm³/mol. The Morgan fingerprint density at radius 2 is 2.06 bits per heavy atom. The van der Waals surface area contributed by atoms with E-state index in [1.807, 2.05) is 30.3 Å². The molecule has 1 aromatic carbocycles. The monoisotopic (exact) mass is 245 g/mol. The lowest BCUT2D eigenvalue weighted by Gasteiger charge is -1.87. The molecule has 0 unspecified atom stereocenters. The van der Waals surface area contributed by atoms with Gasteiger partial charge >= 0.3 is 11.6 Å². The lowest BCUT2D eigenvalue weighted by atomic mass is 10.2. The molecular formula is C13H11NO4. The van der Waals surface area contributed by atoms with E-state index in [0.717, 1.165) is 11.8 Å². The fraction of sp³-hybridized carbons (Fsp3) is 0.0769. The third-order valence-electron chi connectivity index (χ3n) is 2.12. The first-order valence-electron chi connectivity index (χ1n) is 5.28. The molecule has 1 N–H and O–H groups in total. The fourth-order valence-corrected chi connectivity index (χ4v) is 1.35. The Bertz CT molecular complexity index is 709. The second-order valence-corrected chi connectivity index (χ2v) is 3.57. The third kappa shape index (κ3) is 2.98. The van der Waals surface area contributed by atoms with Crippen LogP contribution < -0.4 is 16.5 Å². The number of aromatic amines is 1. The number of carbonyl (C=O) groups is 1. The fourth-order valence-electron chi connectivity index (χ4n) is 1.35. The van der Waals surface area contributed by atoms with Crippen molar-refractivity contribution in [3.05, 3.63) is 57.2 Å². The van der Waals surface area contributed by atoms with Gasteiger partial charge in [-0.1, -0.05) is 30.3 Å². The zero-order chi connectivity index (χ0) is 13.0. The number of nitrogens with one attached hydrogen (secondary N) is 1. The summed E-state index contributed by atoms with van der Waals surface area (Å²) in [7, 11) is 0. The van der Waals surface area contributed by atoms with E-state index in [1.165, 1.54) is 6.92 Å². The highest BCUT2D eigenvalue weighted by atomic mass is 16.5. The molecular weight excluding hydrogens is 234 g/mol. The highest BCUT2D eigenvalue weighted by Gasteiger charge is 1.97. The van der Waals surface area contributed by atoms with E-state index in [-0.39, 0.29) is 5.35 Å². The van der Waals surface area contributed by atoms with Crippen molar-refractivity contribution in [1.82, 2.24) is 4.98 Å². The van der Waals surface area contributed by atoms with Crippen molar-refractivity contribution in [3.8, 4) is 0 Å². The molecule has 5 nitrogen and oxygen atoms in total. The van der Waals surface area contributed by atoms with Gasteiger partial charge in [-0.15, -0.1) is 0 Å². The third-order valence-corrected chi connectivity index (χ3v) is 2.12. The number of benzene rings is 1. The van der Waals surface area contributed by atoms with Gasteiger partial charge in [-0.2, -0.15) is 0 Å². The lowest BCUT2D eigenvalue weighted by Crippen LogP contribution is -2.22. The minimum Gasteiger partial charge on any atom is -0.432 e. The summed E-state index contributed by atoms with van der Waals surface area (Å²) >= 11 is 0. The van der Waals surface area contributed by atoms with Crippen molar-refractivity contribution in [2.24, 2.45) is 0 Å². The van der Waals surface area contributed by atoms with E-state index in [9.17, 15) is 9.59 Å². The quantitative estimate of drug-likeness (QED) is 0.761. The van der Waals surface area contributed by atoms with E-state index in [4.69, 9.17) is 4.42 Å². The molecule has 2 rings (SSSR count). The number of ether oxygens (including phenoxy) is 1. The molecule has 0 aliphatic carbocycles. The molecule has 0 atom stereocenters. The van der Waals surface area contributed by atoms with E-state index in [2.05, 4.69) is 9.72 Å². The Morgan fingerprint density at radius 1 is 1.33 bits per heavy atom. The normalized spacial score (nSPS) is 12.7. The predicted octanol–water partition coefficient (Wildman–Crippen LogP) is 0.0978. The van der Waals surface area contributed by atoms with Crippen LogP contribution in [0, 0.1) is 0 Å². The molecule has 5 heteroatoms. The Labute approximate surface area is 102 Å². The first-order chi connectivity index (χ1) is 8.65. The van der Waals surface area contributed by atoms with Crippen LogP contribution in [0.1, 0.15) is 12.5 Å². The molecule has 18 heavy (non-hydrogen) atoms. The first-order valence-corrected chi connectivity index (χ1v) is 5.28. The van der Waals surface area contributed by atoms with Crippen molar-refractivity contribution in [3.63, 3.8) is 0 Å². The van der Waals surface area contributed by atoms with Crippen LogP contribution in [0.3, 0.4) is 0 Å². The van der Waals surface area contributed by atoms with Gasteiger partial charge in [0.15, 0.2) is 5.35 Å². The van der Waals surface area contributed by atoms with Crippen LogP contribution in [-0.2, 0) is 9.53 Å². The van der Waals surface area contributed by atoms with Crippen LogP contribution in [0.15, 0.2) is 39.5 Å². The van der Waals surface area contributed by atoms with Gasteiger partial charge in [-0.05, 0) is 5.56 Å². The summed E-state index contributed by atoms with van der Waals surface area (Å²) in [6, 6.07) is 9.38. The highest BCUT2D eigenvalue weighted by Crippen LogP contribution is 1.97. The largest absolute Gasteiger partial charge is 0.432 e. The van der Waals surface area contributed by atoms with Gasteiger partial charge in [-0.3, -0.25) is 4.79 Å². The Hall–Kier alpha value is -2.56. The minimum atomic E-state index is -0.585. The average molecular weight is 245 g/mol. The molecule has 0 saturated heterocycles. The molecule has 0 aliphatic heterocycles. The maximum Gasteiger partial charge on any atom is 0.364 e. The van der Waals surface area contributed by atoms with Gasteiger partial charge in [0.05, 0.1) is 0 Å². The summed E-state index contributed by atoms with van der Waals surface area (Å²) < 4.78 is 9.56. The van der Waals surface area contributed by atoms with Crippen LogP contribution in [0.25, 0.3) is 12.3 Å². The van der Waals surface area contributed by atoms with Crippen molar-refractivity contribution < 1.29 is 13.9 Å². The molecule has 0 amide bonds. The molecule has 0 saturated carbocycles. The number of H-pyrrole nitrogens is 1. The van der Waals surface area contributed by atoms with E-state index in [0.29, 0.717) is 5.55 Å². The maximum atomic E-state index is 11.4. The van der Waals surface area contributed by atoms with Gasteiger partial charge in [0, 0.05) is 13.0 Å². The number of aromatic nitrogens is 1. The zero-order valence-corrected chi connectivity index (χ0v) is 9.67. The van der Waals surface area contributed by atoms with Gasteiger partial charge in [0.1, 0.15) is 6.26 Å². The molecule has 2 aromatic rings. The second kappa shape index (κ2) is 5.18. The number of oxazole rings is 1.